The average Bonchev–Trinajstić information content (AvgIpc) is 2.76. The summed E-state index contributed by atoms with van der Waals surface area (Å²) < 4.78 is 0.724. The van der Waals surface area contributed by atoms with Gasteiger partial charge in [0.1, 0.15) is 0 Å². The molecule has 2 rings (SSSR count). The Labute approximate surface area is 112 Å². The molecule has 1 aliphatic rings. The SMILES string of the molecule is O=C(NC1=NCCN1)Nc1c(Cl)cccc1Br. The summed E-state index contributed by atoms with van der Waals surface area (Å²) in [6, 6.07) is 4.91. The molecule has 1 aromatic carbocycles. The molecule has 0 radical (unpaired) electrons. The van der Waals surface area contributed by atoms with Crippen molar-refractivity contribution in [3.8, 4) is 0 Å². The quantitative estimate of drug-likeness (QED) is 0.743. The fourth-order valence-electron chi connectivity index (χ4n) is 1.35. The van der Waals surface area contributed by atoms with Gasteiger partial charge in [0.05, 0.1) is 17.3 Å². The zero-order chi connectivity index (χ0) is 12.3. The van der Waals surface area contributed by atoms with E-state index in [1.807, 2.05) is 0 Å². The predicted molar refractivity (Wildman–Crippen MR) is 71.6 cm³/mol. The number of carbonyl (C=O) groups excluding carboxylic acids is 1. The highest BCUT2D eigenvalue weighted by Gasteiger charge is 2.12. The summed E-state index contributed by atoms with van der Waals surface area (Å²) in [6.45, 7) is 1.41. The maximum absolute atomic E-state index is 11.7. The van der Waals surface area contributed by atoms with E-state index >= 15 is 0 Å². The van der Waals surface area contributed by atoms with Gasteiger partial charge in [0, 0.05) is 11.0 Å². The highest BCUT2D eigenvalue weighted by molar-refractivity contribution is 9.10. The number of para-hydroxylation sites is 1. The fourth-order valence-corrected chi connectivity index (χ4v) is 2.15. The van der Waals surface area contributed by atoms with Crippen LogP contribution in [0, 0.1) is 0 Å². The van der Waals surface area contributed by atoms with E-state index in [9.17, 15) is 4.79 Å². The number of urea groups is 1. The van der Waals surface area contributed by atoms with Gasteiger partial charge in [-0.3, -0.25) is 10.3 Å². The Balaban J connectivity index is 2.02. The highest BCUT2D eigenvalue weighted by atomic mass is 79.9. The van der Waals surface area contributed by atoms with Crippen molar-refractivity contribution in [3.63, 3.8) is 0 Å². The second-order valence-electron chi connectivity index (χ2n) is 3.33. The van der Waals surface area contributed by atoms with Crippen molar-refractivity contribution < 1.29 is 4.79 Å². The number of nitrogens with zero attached hydrogens (tertiary/aromatic N) is 1. The van der Waals surface area contributed by atoms with E-state index in [4.69, 9.17) is 11.6 Å². The Kier molecular flexibility index (Phi) is 3.86. The predicted octanol–water partition coefficient (Wildman–Crippen LogP) is 2.18. The third-order valence-electron chi connectivity index (χ3n) is 2.11. The number of amides is 2. The molecule has 0 bridgehead atoms. The largest absolute Gasteiger partial charge is 0.354 e. The van der Waals surface area contributed by atoms with Gasteiger partial charge in [-0.1, -0.05) is 17.7 Å². The summed E-state index contributed by atoms with van der Waals surface area (Å²) in [4.78, 5) is 15.7. The van der Waals surface area contributed by atoms with E-state index in [1.165, 1.54) is 0 Å². The molecule has 0 unspecified atom stereocenters. The van der Waals surface area contributed by atoms with Gasteiger partial charge in [0.15, 0.2) is 5.96 Å². The lowest BCUT2D eigenvalue weighted by Gasteiger charge is -2.10. The lowest BCUT2D eigenvalue weighted by atomic mass is 10.3. The molecule has 1 aliphatic heterocycles. The van der Waals surface area contributed by atoms with Gasteiger partial charge >= 0.3 is 6.03 Å². The molecule has 1 aromatic rings. The number of hydrogen-bond donors (Lipinski definition) is 3. The van der Waals surface area contributed by atoms with Gasteiger partial charge in [0.2, 0.25) is 0 Å². The second-order valence-corrected chi connectivity index (χ2v) is 4.59. The van der Waals surface area contributed by atoms with Crippen LogP contribution in [0.15, 0.2) is 27.7 Å². The molecule has 7 heteroatoms. The van der Waals surface area contributed by atoms with Gasteiger partial charge in [-0.25, -0.2) is 4.79 Å². The van der Waals surface area contributed by atoms with E-state index in [2.05, 4.69) is 36.9 Å². The Morgan fingerprint density at radius 2 is 2.29 bits per heavy atom. The van der Waals surface area contributed by atoms with Crippen molar-refractivity contribution in [1.82, 2.24) is 10.6 Å². The first-order valence-electron chi connectivity index (χ1n) is 4.97. The standard InChI is InChI=1S/C10H10BrClN4O/c11-6-2-1-3-7(12)8(6)15-10(17)16-9-13-4-5-14-9/h1-3H,4-5H2,(H3,13,14,15,16,17). The van der Waals surface area contributed by atoms with Crippen LogP contribution in [-0.4, -0.2) is 25.1 Å². The molecule has 90 valence electrons. The molecular formula is C10H10BrClN4O. The molecule has 0 saturated heterocycles. The molecule has 17 heavy (non-hydrogen) atoms. The second kappa shape index (κ2) is 5.37. The van der Waals surface area contributed by atoms with Crippen molar-refractivity contribution in [3.05, 3.63) is 27.7 Å². The van der Waals surface area contributed by atoms with Gasteiger partial charge in [-0.15, -0.1) is 0 Å². The normalized spacial score (nSPS) is 13.9. The topological polar surface area (TPSA) is 65.5 Å². The Bertz CT molecular complexity index is 457. The molecule has 2 amide bonds. The minimum Gasteiger partial charge on any atom is -0.354 e. The van der Waals surface area contributed by atoms with Gasteiger partial charge in [0.25, 0.3) is 0 Å². The van der Waals surface area contributed by atoms with E-state index in [-0.39, 0.29) is 6.03 Å². The van der Waals surface area contributed by atoms with Crippen molar-refractivity contribution in [1.29, 1.82) is 0 Å². The zero-order valence-electron chi connectivity index (χ0n) is 8.76. The average molecular weight is 318 g/mol. The van der Waals surface area contributed by atoms with Crippen molar-refractivity contribution in [2.45, 2.75) is 0 Å². The number of rotatable bonds is 1. The van der Waals surface area contributed by atoms with Crippen LogP contribution in [0.4, 0.5) is 10.5 Å². The maximum Gasteiger partial charge on any atom is 0.326 e. The fraction of sp³-hybridized carbons (Fsp3) is 0.200. The van der Waals surface area contributed by atoms with Crippen molar-refractivity contribution in [2.75, 3.05) is 18.4 Å². The van der Waals surface area contributed by atoms with Crippen LogP contribution in [0.3, 0.4) is 0 Å². The number of anilines is 1. The lowest BCUT2D eigenvalue weighted by Crippen LogP contribution is -2.40. The Morgan fingerprint density at radius 1 is 1.47 bits per heavy atom. The molecule has 0 fully saturated rings. The number of nitrogens with one attached hydrogen (secondary N) is 3. The zero-order valence-corrected chi connectivity index (χ0v) is 11.1. The molecule has 0 saturated carbocycles. The number of halogens is 2. The number of hydrogen-bond acceptors (Lipinski definition) is 3. The van der Waals surface area contributed by atoms with Gasteiger partial charge in [-0.2, -0.15) is 0 Å². The van der Waals surface area contributed by atoms with Crippen LogP contribution >= 0.6 is 27.5 Å². The van der Waals surface area contributed by atoms with Crippen LogP contribution in [-0.2, 0) is 0 Å². The van der Waals surface area contributed by atoms with Crippen LogP contribution < -0.4 is 16.0 Å². The smallest absolute Gasteiger partial charge is 0.326 e. The van der Waals surface area contributed by atoms with Crippen LogP contribution in [0.2, 0.25) is 5.02 Å². The van der Waals surface area contributed by atoms with E-state index in [0.29, 0.717) is 23.2 Å². The molecular weight excluding hydrogens is 307 g/mol. The summed E-state index contributed by atoms with van der Waals surface area (Å²) in [5.41, 5.74) is 0.533. The molecule has 0 spiro atoms. The third kappa shape index (κ3) is 3.10. The van der Waals surface area contributed by atoms with E-state index in [1.54, 1.807) is 18.2 Å². The van der Waals surface area contributed by atoms with Crippen molar-refractivity contribution in [2.24, 2.45) is 4.99 Å². The molecule has 0 atom stereocenters. The molecule has 5 nitrogen and oxygen atoms in total. The molecule has 0 aromatic heterocycles. The number of guanidine groups is 1. The third-order valence-corrected chi connectivity index (χ3v) is 3.08. The van der Waals surface area contributed by atoms with E-state index in [0.717, 1.165) is 11.0 Å². The minimum absolute atomic E-state index is 0.382. The van der Waals surface area contributed by atoms with Gasteiger partial charge in [-0.05, 0) is 28.1 Å². The van der Waals surface area contributed by atoms with Crippen LogP contribution in [0.1, 0.15) is 0 Å². The highest BCUT2D eigenvalue weighted by Crippen LogP contribution is 2.29. The van der Waals surface area contributed by atoms with Gasteiger partial charge < -0.3 is 10.6 Å². The summed E-state index contributed by atoms with van der Waals surface area (Å²) in [6.07, 6.45) is 0. The number of carbonyl (C=O) groups is 1. The monoisotopic (exact) mass is 316 g/mol. The molecule has 0 aliphatic carbocycles. The minimum atomic E-state index is -0.382. The first-order valence-corrected chi connectivity index (χ1v) is 6.14. The number of aliphatic imine (C=N–C) groups is 1. The summed E-state index contributed by atoms with van der Waals surface area (Å²) >= 11 is 9.29. The summed E-state index contributed by atoms with van der Waals surface area (Å²) in [5.74, 6) is 0.477. The molecule has 3 N–H and O–H groups in total. The maximum atomic E-state index is 11.7. The first-order chi connectivity index (χ1) is 8.16. The number of benzene rings is 1. The first kappa shape index (κ1) is 12.2. The summed E-state index contributed by atoms with van der Waals surface area (Å²) in [7, 11) is 0. The lowest BCUT2D eigenvalue weighted by molar-refractivity contribution is 0.256. The van der Waals surface area contributed by atoms with E-state index < -0.39 is 0 Å². The van der Waals surface area contributed by atoms with Crippen LogP contribution in [0.5, 0.6) is 0 Å². The van der Waals surface area contributed by atoms with Crippen molar-refractivity contribution >= 4 is 45.2 Å². The van der Waals surface area contributed by atoms with Crippen LogP contribution in [0.25, 0.3) is 0 Å². The Hall–Kier alpha value is -1.27. The summed E-state index contributed by atoms with van der Waals surface area (Å²) in [5, 5.41) is 8.65. The molecule has 1 heterocycles. The Morgan fingerprint density at radius 3 is 2.94 bits per heavy atom.